The first-order valence-electron chi connectivity index (χ1n) is 12.3. The van der Waals surface area contributed by atoms with Crippen LogP contribution in [0.1, 0.15) is 30.9 Å². The smallest absolute Gasteiger partial charge is 0.237 e. The molecule has 35 heavy (non-hydrogen) atoms. The van der Waals surface area contributed by atoms with E-state index < -0.39 is 0 Å². The number of hydrogen-bond donors (Lipinski definition) is 3. The molecular weight excluding hydrogens is 460 g/mol. The monoisotopic (exact) mass is 492 g/mol. The SMILES string of the molecule is CCOc1cccc(CNC(=O)C2CCCN(C3NC(=O)C4SC=C(c5ccccc5)C4N3)C2)c1. The fraction of sp³-hybridized carbons (Fsp3) is 0.407. The minimum atomic E-state index is -0.284. The number of nitrogens with zero attached hydrogens (tertiary/aromatic N) is 1. The van der Waals surface area contributed by atoms with Crippen LogP contribution in [0.2, 0.25) is 0 Å². The van der Waals surface area contributed by atoms with Crippen molar-refractivity contribution in [3.63, 3.8) is 0 Å². The van der Waals surface area contributed by atoms with Crippen LogP contribution in [-0.4, -0.2) is 54.0 Å². The molecule has 3 aliphatic heterocycles. The minimum absolute atomic E-state index is 0.0479. The molecule has 0 bridgehead atoms. The molecule has 3 heterocycles. The number of benzene rings is 2. The van der Waals surface area contributed by atoms with E-state index in [1.54, 1.807) is 11.8 Å². The highest BCUT2D eigenvalue weighted by Crippen LogP contribution is 2.38. The average Bonchev–Trinajstić information content (AvgIpc) is 3.33. The van der Waals surface area contributed by atoms with Gasteiger partial charge in [-0.25, -0.2) is 0 Å². The van der Waals surface area contributed by atoms with Gasteiger partial charge >= 0.3 is 0 Å². The lowest BCUT2D eigenvalue weighted by atomic mass is 9.94. The molecular formula is C27H32N4O3S. The van der Waals surface area contributed by atoms with Crippen molar-refractivity contribution >= 4 is 29.1 Å². The summed E-state index contributed by atoms with van der Waals surface area (Å²) in [5.74, 6) is 0.802. The van der Waals surface area contributed by atoms with Crippen molar-refractivity contribution in [3.8, 4) is 5.75 Å². The van der Waals surface area contributed by atoms with Crippen LogP contribution in [0.15, 0.2) is 60.0 Å². The number of fused-ring (bicyclic) bond motifs is 1. The van der Waals surface area contributed by atoms with E-state index in [0.29, 0.717) is 19.7 Å². The standard InChI is InChI=1S/C27H32N4O3S/c1-2-34-21-12-6-8-18(14-21)15-28-25(32)20-11-7-13-31(16-20)27-29-23-22(19-9-4-3-5-10-19)17-35-24(23)26(33)30-27/h3-6,8-10,12,14,17,20,23-24,27,29H,2,7,11,13,15-16H2,1H3,(H,28,32)(H,30,33). The molecule has 5 rings (SSSR count). The number of carbonyl (C=O) groups is 2. The number of carbonyl (C=O) groups excluding carboxylic acids is 2. The van der Waals surface area contributed by atoms with E-state index in [-0.39, 0.29) is 35.3 Å². The highest BCUT2D eigenvalue weighted by molar-refractivity contribution is 8.04. The first-order chi connectivity index (χ1) is 17.1. The average molecular weight is 493 g/mol. The van der Waals surface area contributed by atoms with Crippen molar-refractivity contribution < 1.29 is 14.3 Å². The van der Waals surface area contributed by atoms with Crippen molar-refractivity contribution in [2.45, 2.75) is 43.9 Å². The predicted molar refractivity (Wildman–Crippen MR) is 138 cm³/mol. The number of nitrogens with one attached hydrogen (secondary N) is 3. The van der Waals surface area contributed by atoms with Gasteiger partial charge in [-0.15, -0.1) is 11.8 Å². The first kappa shape index (κ1) is 23.9. The van der Waals surface area contributed by atoms with Crippen molar-refractivity contribution in [2.75, 3.05) is 19.7 Å². The van der Waals surface area contributed by atoms with E-state index in [9.17, 15) is 9.59 Å². The maximum Gasteiger partial charge on any atom is 0.237 e. The summed E-state index contributed by atoms with van der Waals surface area (Å²) in [5, 5.41) is 11.8. The lowest BCUT2D eigenvalue weighted by Crippen LogP contribution is -2.69. The molecule has 2 aromatic carbocycles. The highest BCUT2D eigenvalue weighted by atomic mass is 32.2. The molecule has 3 N–H and O–H groups in total. The van der Waals surface area contributed by atoms with Crippen LogP contribution in [0, 0.1) is 5.92 Å². The molecule has 2 aromatic rings. The van der Waals surface area contributed by atoms with E-state index in [0.717, 1.165) is 41.8 Å². The van der Waals surface area contributed by atoms with E-state index in [2.05, 4.69) is 38.4 Å². The number of likely N-dealkylation sites (tertiary alicyclic amines) is 1. The third-order valence-corrected chi connectivity index (χ3v) is 8.00. The van der Waals surface area contributed by atoms with Gasteiger partial charge in [0.2, 0.25) is 11.8 Å². The zero-order valence-corrected chi connectivity index (χ0v) is 20.7. The third kappa shape index (κ3) is 5.39. The van der Waals surface area contributed by atoms with E-state index in [1.165, 1.54) is 0 Å². The summed E-state index contributed by atoms with van der Waals surface area (Å²) in [5.41, 5.74) is 3.31. The molecule has 0 spiro atoms. The van der Waals surface area contributed by atoms with Crippen LogP contribution in [0.4, 0.5) is 0 Å². The van der Waals surface area contributed by atoms with Gasteiger partial charge < -0.3 is 15.4 Å². The van der Waals surface area contributed by atoms with Crippen molar-refractivity contribution in [2.24, 2.45) is 5.92 Å². The van der Waals surface area contributed by atoms with Crippen LogP contribution in [0.5, 0.6) is 5.75 Å². The molecule has 3 aliphatic rings. The molecule has 0 radical (unpaired) electrons. The molecule has 0 aromatic heterocycles. The van der Waals surface area contributed by atoms with Crippen LogP contribution >= 0.6 is 11.8 Å². The highest BCUT2D eigenvalue weighted by Gasteiger charge is 2.44. The Labute approximate surface area is 210 Å². The van der Waals surface area contributed by atoms with Crippen molar-refractivity contribution in [3.05, 3.63) is 71.1 Å². The van der Waals surface area contributed by atoms with E-state index in [4.69, 9.17) is 4.74 Å². The maximum absolute atomic E-state index is 13.0. The van der Waals surface area contributed by atoms with Crippen molar-refractivity contribution in [1.29, 1.82) is 0 Å². The van der Waals surface area contributed by atoms with Crippen LogP contribution in [-0.2, 0) is 16.1 Å². The fourth-order valence-corrected chi connectivity index (χ4v) is 6.21. The molecule has 4 atom stereocenters. The molecule has 8 heteroatoms. The quantitative estimate of drug-likeness (QED) is 0.551. The second kappa shape index (κ2) is 10.8. The Hall–Kier alpha value is -2.81. The zero-order chi connectivity index (χ0) is 24.2. The van der Waals surface area contributed by atoms with Gasteiger partial charge in [0.25, 0.3) is 0 Å². The van der Waals surface area contributed by atoms with Crippen LogP contribution in [0.25, 0.3) is 5.57 Å². The van der Waals surface area contributed by atoms with Gasteiger partial charge in [-0.2, -0.15) is 0 Å². The number of ether oxygens (including phenoxy) is 1. The normalized spacial score (nSPS) is 26.4. The lowest BCUT2D eigenvalue weighted by Gasteiger charge is -2.43. The molecule has 184 valence electrons. The summed E-state index contributed by atoms with van der Waals surface area (Å²) in [6.07, 6.45) is 1.47. The Balaban J connectivity index is 1.20. The second-order valence-corrected chi connectivity index (χ2v) is 10.2. The van der Waals surface area contributed by atoms with Gasteiger partial charge in [-0.1, -0.05) is 42.5 Å². The zero-order valence-electron chi connectivity index (χ0n) is 19.9. The van der Waals surface area contributed by atoms with Crippen LogP contribution in [0.3, 0.4) is 0 Å². The summed E-state index contributed by atoms with van der Waals surface area (Å²) in [6.45, 7) is 4.49. The minimum Gasteiger partial charge on any atom is -0.494 e. The Bertz CT molecular complexity index is 1090. The summed E-state index contributed by atoms with van der Waals surface area (Å²) < 4.78 is 5.56. The molecule has 7 nitrogen and oxygen atoms in total. The fourth-order valence-electron chi connectivity index (χ4n) is 5.06. The van der Waals surface area contributed by atoms with Crippen LogP contribution < -0.4 is 20.7 Å². The molecule has 2 saturated heterocycles. The molecule has 2 amide bonds. The Kier molecular flexibility index (Phi) is 7.41. The molecule has 2 fully saturated rings. The van der Waals surface area contributed by atoms with E-state index >= 15 is 0 Å². The van der Waals surface area contributed by atoms with Gasteiger partial charge in [0.1, 0.15) is 17.3 Å². The van der Waals surface area contributed by atoms with Gasteiger partial charge in [-0.3, -0.25) is 19.8 Å². The Morgan fingerprint density at radius 2 is 2.06 bits per heavy atom. The maximum atomic E-state index is 13.0. The third-order valence-electron chi connectivity index (χ3n) is 6.83. The van der Waals surface area contributed by atoms with Crippen molar-refractivity contribution in [1.82, 2.24) is 20.9 Å². The Morgan fingerprint density at radius 3 is 2.89 bits per heavy atom. The predicted octanol–water partition coefficient (Wildman–Crippen LogP) is 2.94. The molecule has 4 unspecified atom stereocenters. The number of rotatable bonds is 7. The van der Waals surface area contributed by atoms with Gasteiger partial charge in [0.05, 0.1) is 18.6 Å². The lowest BCUT2D eigenvalue weighted by molar-refractivity contribution is -0.129. The summed E-state index contributed by atoms with van der Waals surface area (Å²) in [4.78, 5) is 28.1. The number of thioether (sulfide) groups is 1. The number of amides is 2. The van der Waals surface area contributed by atoms with Gasteiger partial charge in [-0.05, 0) is 54.0 Å². The summed E-state index contributed by atoms with van der Waals surface area (Å²) in [7, 11) is 0. The van der Waals surface area contributed by atoms with Gasteiger partial charge in [0, 0.05) is 19.6 Å². The first-order valence-corrected chi connectivity index (χ1v) is 13.3. The molecule has 0 saturated carbocycles. The molecule has 0 aliphatic carbocycles. The second-order valence-electron chi connectivity index (χ2n) is 9.18. The number of piperidine rings is 1. The summed E-state index contributed by atoms with van der Waals surface area (Å²) >= 11 is 1.57. The largest absolute Gasteiger partial charge is 0.494 e. The topological polar surface area (TPSA) is 82.7 Å². The summed E-state index contributed by atoms with van der Waals surface area (Å²) in [6, 6.07) is 18.0. The Morgan fingerprint density at radius 1 is 1.20 bits per heavy atom. The number of hydrogen-bond acceptors (Lipinski definition) is 6. The van der Waals surface area contributed by atoms with Gasteiger partial charge in [0.15, 0.2) is 0 Å². The van der Waals surface area contributed by atoms with E-state index in [1.807, 2.05) is 49.4 Å².